The van der Waals surface area contributed by atoms with Crippen LogP contribution in [0.5, 0.6) is 0 Å². The van der Waals surface area contributed by atoms with Gasteiger partial charge in [0.15, 0.2) is 6.61 Å². The van der Waals surface area contributed by atoms with Crippen LogP contribution in [0.15, 0.2) is 36.4 Å². The fourth-order valence-corrected chi connectivity index (χ4v) is 7.04. The number of nitro benzene ring substituents is 1. The minimum absolute atomic E-state index is 0.0294. The standard InChI is InChI=1S/C26H26N2O7/c29-21(14-2-1-3-16(10-14)28(33)34)12-35-26(32)13-4-6-15(7-5-13)27-24(30)22-17-8-9-18(20-11-19(17)20)23(22)25(27)31/h1-3,8-10,13,15,17-20,22-23H,4-7,11-12H2/t13?,15?,17-,18-,19-,20+,22-,23+/m0/s1. The van der Waals surface area contributed by atoms with Gasteiger partial charge in [-0.05, 0) is 55.8 Å². The van der Waals surface area contributed by atoms with Gasteiger partial charge >= 0.3 is 5.97 Å². The molecule has 2 amide bonds. The molecule has 4 fully saturated rings. The number of esters is 1. The number of allylic oxidation sites excluding steroid dienone is 2. The van der Waals surface area contributed by atoms with E-state index in [-0.39, 0.29) is 52.8 Å². The number of ether oxygens (including phenoxy) is 1. The number of ketones is 1. The van der Waals surface area contributed by atoms with Crippen LogP contribution in [0, 0.1) is 51.5 Å². The van der Waals surface area contributed by atoms with E-state index >= 15 is 0 Å². The lowest BCUT2D eigenvalue weighted by Gasteiger charge is -2.37. The number of hydrogen-bond donors (Lipinski definition) is 0. The molecule has 9 heteroatoms. The van der Waals surface area contributed by atoms with Gasteiger partial charge in [0.1, 0.15) is 0 Å². The molecule has 35 heavy (non-hydrogen) atoms. The molecule has 9 nitrogen and oxygen atoms in total. The molecule has 1 aliphatic heterocycles. The van der Waals surface area contributed by atoms with Crippen molar-refractivity contribution in [3.8, 4) is 0 Å². The Labute approximate surface area is 201 Å². The molecule has 1 aromatic rings. The van der Waals surface area contributed by atoms with Crippen molar-refractivity contribution in [2.24, 2.45) is 41.4 Å². The topological polar surface area (TPSA) is 124 Å². The highest BCUT2D eigenvalue weighted by atomic mass is 16.6. The molecule has 0 N–H and O–H groups in total. The van der Waals surface area contributed by atoms with Gasteiger partial charge in [0.25, 0.3) is 5.69 Å². The summed E-state index contributed by atoms with van der Waals surface area (Å²) in [5.41, 5.74) is -0.0866. The van der Waals surface area contributed by atoms with Crippen LogP contribution in [-0.2, 0) is 19.1 Å². The zero-order valence-corrected chi connectivity index (χ0v) is 19.1. The van der Waals surface area contributed by atoms with Crippen molar-refractivity contribution in [3.05, 3.63) is 52.1 Å². The van der Waals surface area contributed by atoms with Crippen LogP contribution in [0.1, 0.15) is 42.5 Å². The summed E-state index contributed by atoms with van der Waals surface area (Å²) in [6, 6.07) is 5.12. The zero-order chi connectivity index (χ0) is 24.4. The van der Waals surface area contributed by atoms with Crippen molar-refractivity contribution in [3.63, 3.8) is 0 Å². The van der Waals surface area contributed by atoms with Crippen LogP contribution in [0.2, 0.25) is 0 Å². The van der Waals surface area contributed by atoms with E-state index in [9.17, 15) is 29.3 Å². The first-order valence-electron chi connectivity index (χ1n) is 12.3. The monoisotopic (exact) mass is 478 g/mol. The van der Waals surface area contributed by atoms with E-state index in [1.54, 1.807) is 0 Å². The van der Waals surface area contributed by atoms with Gasteiger partial charge in [-0.2, -0.15) is 0 Å². The summed E-state index contributed by atoms with van der Waals surface area (Å²) in [7, 11) is 0. The van der Waals surface area contributed by atoms with Crippen LogP contribution in [0.25, 0.3) is 0 Å². The lowest BCUT2D eigenvalue weighted by molar-refractivity contribution is -0.384. The van der Waals surface area contributed by atoms with E-state index in [2.05, 4.69) is 12.2 Å². The minimum Gasteiger partial charge on any atom is -0.457 e. The van der Waals surface area contributed by atoms with Crippen molar-refractivity contribution < 1.29 is 28.8 Å². The molecule has 1 aromatic carbocycles. The third-order valence-corrected chi connectivity index (χ3v) is 8.82. The molecule has 0 unspecified atom stereocenters. The van der Waals surface area contributed by atoms with Crippen LogP contribution in [0.3, 0.4) is 0 Å². The maximum absolute atomic E-state index is 13.3. The third kappa shape index (κ3) is 3.51. The van der Waals surface area contributed by atoms with E-state index in [1.807, 2.05) is 0 Å². The Morgan fingerprint density at radius 2 is 1.63 bits per heavy atom. The molecule has 0 aromatic heterocycles. The molecule has 1 saturated heterocycles. The van der Waals surface area contributed by atoms with Crippen LogP contribution >= 0.6 is 0 Å². The fourth-order valence-electron chi connectivity index (χ4n) is 7.04. The molecule has 7 rings (SSSR count). The number of rotatable bonds is 6. The van der Waals surface area contributed by atoms with Crippen molar-refractivity contribution in [1.29, 1.82) is 0 Å². The molecule has 0 spiro atoms. The second kappa shape index (κ2) is 8.10. The zero-order valence-electron chi connectivity index (χ0n) is 19.1. The average Bonchev–Trinajstić information content (AvgIpc) is 3.65. The van der Waals surface area contributed by atoms with E-state index in [1.165, 1.54) is 23.1 Å². The molecule has 1 heterocycles. The van der Waals surface area contributed by atoms with E-state index < -0.39 is 29.2 Å². The Kier molecular flexibility index (Phi) is 5.12. The molecular formula is C26H26N2O7. The molecular weight excluding hydrogens is 452 g/mol. The van der Waals surface area contributed by atoms with Crippen molar-refractivity contribution in [2.45, 2.75) is 38.1 Å². The Hall–Kier alpha value is -3.36. The van der Waals surface area contributed by atoms with Crippen LogP contribution in [-0.4, -0.2) is 46.0 Å². The molecule has 6 atom stereocenters. The maximum Gasteiger partial charge on any atom is 0.309 e. The lowest BCUT2D eigenvalue weighted by Crippen LogP contribution is -2.44. The molecule has 2 bridgehead atoms. The number of nitro groups is 1. The van der Waals surface area contributed by atoms with E-state index in [0.717, 1.165) is 12.5 Å². The molecule has 182 valence electrons. The van der Waals surface area contributed by atoms with Crippen molar-refractivity contribution in [1.82, 2.24) is 4.90 Å². The van der Waals surface area contributed by atoms with Gasteiger partial charge in [-0.3, -0.25) is 34.2 Å². The smallest absolute Gasteiger partial charge is 0.309 e. The predicted molar refractivity (Wildman–Crippen MR) is 121 cm³/mol. The quantitative estimate of drug-likeness (QED) is 0.154. The minimum atomic E-state index is -0.587. The first-order valence-corrected chi connectivity index (χ1v) is 12.3. The first-order chi connectivity index (χ1) is 16.8. The summed E-state index contributed by atoms with van der Waals surface area (Å²) in [5.74, 6) is -0.326. The highest BCUT2D eigenvalue weighted by Crippen LogP contribution is 2.65. The number of Topliss-reactive ketones (excluding diaryl/α,β-unsaturated/α-hetero) is 1. The average molecular weight is 479 g/mol. The van der Waals surface area contributed by atoms with Crippen molar-refractivity contribution >= 4 is 29.3 Å². The largest absolute Gasteiger partial charge is 0.457 e. The number of likely N-dealkylation sites (tertiary alicyclic amines) is 1. The maximum atomic E-state index is 13.3. The molecule has 5 aliphatic carbocycles. The van der Waals surface area contributed by atoms with E-state index in [0.29, 0.717) is 37.5 Å². The number of non-ortho nitro benzene ring substituents is 1. The van der Waals surface area contributed by atoms with Crippen molar-refractivity contribution in [2.75, 3.05) is 6.61 Å². The van der Waals surface area contributed by atoms with Gasteiger partial charge in [0.2, 0.25) is 17.6 Å². The Morgan fingerprint density at radius 3 is 2.23 bits per heavy atom. The second-order valence-corrected chi connectivity index (χ2v) is 10.5. The number of amides is 2. The number of nitrogens with zero attached hydrogens (tertiary/aromatic N) is 2. The first kappa shape index (κ1) is 22.1. The summed E-state index contributed by atoms with van der Waals surface area (Å²) < 4.78 is 5.22. The third-order valence-electron chi connectivity index (χ3n) is 8.82. The number of carbonyl (C=O) groups excluding carboxylic acids is 4. The summed E-state index contributed by atoms with van der Waals surface area (Å²) in [6.07, 6.45) is 7.52. The lowest BCUT2D eigenvalue weighted by atomic mass is 9.63. The summed E-state index contributed by atoms with van der Waals surface area (Å²) in [5, 5.41) is 10.9. The molecule has 3 saturated carbocycles. The van der Waals surface area contributed by atoms with Gasteiger partial charge in [-0.15, -0.1) is 0 Å². The SMILES string of the molecule is O=C(COC(=O)C1CCC(N2C(=O)[C@@H]3[C@H]4C=C[C@@H]([C@@H]5C[C@H]45)[C@@H]3C2=O)CC1)c1cccc([N+](=O)[O-])c1. The molecule has 0 radical (unpaired) electrons. The Bertz CT molecular complexity index is 1130. The Morgan fingerprint density at radius 1 is 1.00 bits per heavy atom. The predicted octanol–water partition coefficient (Wildman–Crippen LogP) is 2.93. The summed E-state index contributed by atoms with van der Waals surface area (Å²) in [4.78, 5) is 63.3. The number of hydrogen-bond acceptors (Lipinski definition) is 7. The van der Waals surface area contributed by atoms with Crippen LogP contribution in [0.4, 0.5) is 5.69 Å². The highest BCUT2D eigenvalue weighted by molar-refractivity contribution is 6.06. The Balaban J connectivity index is 1.03. The van der Waals surface area contributed by atoms with E-state index in [4.69, 9.17) is 4.74 Å². The summed E-state index contributed by atoms with van der Waals surface area (Å²) in [6.45, 7) is -0.482. The fraction of sp³-hybridized carbons (Fsp3) is 0.538. The van der Waals surface area contributed by atoms with Gasteiger partial charge in [0, 0.05) is 23.7 Å². The van der Waals surface area contributed by atoms with Gasteiger partial charge < -0.3 is 4.74 Å². The second-order valence-electron chi connectivity index (χ2n) is 10.5. The normalized spacial score (nSPS) is 36.5. The van der Waals surface area contributed by atoms with Gasteiger partial charge in [-0.25, -0.2) is 0 Å². The van der Waals surface area contributed by atoms with Gasteiger partial charge in [-0.1, -0.05) is 24.3 Å². The molecule has 6 aliphatic rings. The highest BCUT2D eigenvalue weighted by Gasteiger charge is 2.67. The van der Waals surface area contributed by atoms with Gasteiger partial charge in [0.05, 0.1) is 22.7 Å². The summed E-state index contributed by atoms with van der Waals surface area (Å²) >= 11 is 0. The number of benzene rings is 1. The van der Waals surface area contributed by atoms with Crippen LogP contribution < -0.4 is 0 Å². The number of carbonyl (C=O) groups is 4. The number of imide groups is 1.